The average molecular weight is 175 g/mol. The zero-order chi connectivity index (χ0) is 9.83. The van der Waals surface area contributed by atoms with E-state index in [-0.39, 0.29) is 0 Å². The summed E-state index contributed by atoms with van der Waals surface area (Å²) >= 11 is 0. The molecule has 0 unspecified atom stereocenters. The van der Waals surface area contributed by atoms with Crippen LogP contribution >= 0.6 is 0 Å². The molecule has 12 heavy (non-hydrogen) atoms. The normalized spacial score (nSPS) is 21.5. The first-order valence-electron chi connectivity index (χ1n) is 4.43. The van der Waals surface area contributed by atoms with Crippen molar-refractivity contribution in [1.29, 1.82) is 0 Å². The highest BCUT2D eigenvalue weighted by molar-refractivity contribution is 4.70. The van der Waals surface area contributed by atoms with Crippen molar-refractivity contribution in [3.8, 4) is 0 Å². The molecular formula is C9H21NO2. The summed E-state index contributed by atoms with van der Waals surface area (Å²) in [6, 6.07) is 0. The Hall–Kier alpha value is -0.120. The molecule has 0 saturated heterocycles. The molecule has 0 aromatic heterocycles. The van der Waals surface area contributed by atoms with E-state index in [9.17, 15) is 0 Å². The van der Waals surface area contributed by atoms with Gasteiger partial charge in [-0.3, -0.25) is 0 Å². The molecular weight excluding hydrogens is 154 g/mol. The van der Waals surface area contributed by atoms with Crippen molar-refractivity contribution < 1.29 is 9.47 Å². The lowest BCUT2D eigenvalue weighted by Gasteiger charge is -2.35. The fourth-order valence-electron chi connectivity index (χ4n) is 0.824. The quantitative estimate of drug-likeness (QED) is 0.649. The molecule has 0 radical (unpaired) electrons. The second-order valence-electron chi connectivity index (χ2n) is 3.46. The molecule has 0 aliphatic heterocycles. The van der Waals surface area contributed by atoms with Gasteiger partial charge in [-0.25, -0.2) is 0 Å². The van der Waals surface area contributed by atoms with Crippen LogP contribution < -0.4 is 5.73 Å². The van der Waals surface area contributed by atoms with Gasteiger partial charge in [0.2, 0.25) is 0 Å². The summed E-state index contributed by atoms with van der Waals surface area (Å²) in [5, 5.41) is 0. The van der Waals surface area contributed by atoms with E-state index in [4.69, 9.17) is 15.2 Å². The smallest absolute Gasteiger partial charge is 0.167 e. The molecule has 0 aromatic carbocycles. The van der Waals surface area contributed by atoms with Gasteiger partial charge in [-0.1, -0.05) is 13.8 Å². The molecule has 2 atom stereocenters. The Morgan fingerprint density at radius 2 is 1.67 bits per heavy atom. The second kappa shape index (κ2) is 4.21. The molecule has 0 aliphatic carbocycles. The molecule has 0 aromatic rings. The first-order chi connectivity index (χ1) is 5.39. The number of methoxy groups -OCH3 is 1. The van der Waals surface area contributed by atoms with Gasteiger partial charge in [0.05, 0.1) is 0 Å². The number of nitrogens with two attached hydrogens (primary N) is 1. The van der Waals surface area contributed by atoms with Crippen molar-refractivity contribution >= 4 is 0 Å². The Bertz CT molecular complexity index is 130. The van der Waals surface area contributed by atoms with E-state index in [0.29, 0.717) is 0 Å². The van der Waals surface area contributed by atoms with Crippen LogP contribution in [-0.4, -0.2) is 18.6 Å². The minimum absolute atomic E-state index is 0.556. The van der Waals surface area contributed by atoms with E-state index in [1.54, 1.807) is 7.11 Å². The highest BCUT2D eigenvalue weighted by atomic mass is 16.7. The summed E-state index contributed by atoms with van der Waals surface area (Å²) in [5.41, 5.74) is 5.25. The lowest BCUT2D eigenvalue weighted by atomic mass is 10.2. The minimum atomic E-state index is -0.596. The van der Waals surface area contributed by atoms with Crippen LogP contribution in [0, 0.1) is 0 Å². The van der Waals surface area contributed by atoms with Crippen molar-refractivity contribution in [2.45, 2.75) is 52.0 Å². The fourth-order valence-corrected chi connectivity index (χ4v) is 0.824. The maximum atomic E-state index is 5.85. The number of hydrogen-bond acceptors (Lipinski definition) is 3. The molecule has 0 spiro atoms. The van der Waals surface area contributed by atoms with Gasteiger partial charge in [0.25, 0.3) is 0 Å². The van der Waals surface area contributed by atoms with E-state index in [1.807, 2.05) is 27.7 Å². The van der Waals surface area contributed by atoms with E-state index < -0.39 is 11.5 Å². The van der Waals surface area contributed by atoms with Crippen molar-refractivity contribution in [2.24, 2.45) is 5.73 Å². The highest BCUT2D eigenvalue weighted by Crippen LogP contribution is 2.22. The van der Waals surface area contributed by atoms with E-state index in [1.165, 1.54) is 0 Å². The van der Waals surface area contributed by atoms with Gasteiger partial charge in [-0.05, 0) is 26.7 Å². The molecule has 0 bridgehead atoms. The van der Waals surface area contributed by atoms with Gasteiger partial charge in [0.15, 0.2) is 5.79 Å². The van der Waals surface area contributed by atoms with Gasteiger partial charge >= 0.3 is 0 Å². The molecule has 0 fully saturated rings. The molecule has 3 heteroatoms. The molecule has 74 valence electrons. The molecule has 0 amide bonds. The molecule has 0 heterocycles. The summed E-state index contributed by atoms with van der Waals surface area (Å²) < 4.78 is 10.9. The summed E-state index contributed by atoms with van der Waals surface area (Å²) in [4.78, 5) is 0. The van der Waals surface area contributed by atoms with Crippen molar-refractivity contribution in [3.63, 3.8) is 0 Å². The molecule has 0 rings (SSSR count). The number of rotatable bonds is 5. The van der Waals surface area contributed by atoms with Crippen molar-refractivity contribution in [1.82, 2.24) is 0 Å². The first-order valence-corrected chi connectivity index (χ1v) is 4.43. The van der Waals surface area contributed by atoms with Crippen LogP contribution in [0.5, 0.6) is 0 Å². The summed E-state index contributed by atoms with van der Waals surface area (Å²) in [6.45, 7) is 7.76. The first kappa shape index (κ1) is 11.9. The Balaban J connectivity index is 4.20. The van der Waals surface area contributed by atoms with Crippen LogP contribution in [-0.2, 0) is 9.47 Å². The lowest BCUT2D eigenvalue weighted by molar-refractivity contribution is -0.266. The third kappa shape index (κ3) is 3.52. The molecule has 2 N–H and O–H groups in total. The van der Waals surface area contributed by atoms with Gasteiger partial charge in [0.1, 0.15) is 5.72 Å². The molecule has 3 nitrogen and oxygen atoms in total. The van der Waals surface area contributed by atoms with Gasteiger partial charge in [0, 0.05) is 7.11 Å². The fraction of sp³-hybridized carbons (Fsp3) is 1.00. The predicted octanol–water partition coefficient (Wildman–Crippen LogP) is 1.86. The summed E-state index contributed by atoms with van der Waals surface area (Å²) in [6.07, 6.45) is 1.56. The van der Waals surface area contributed by atoms with Crippen LogP contribution in [0.15, 0.2) is 0 Å². The van der Waals surface area contributed by atoms with Crippen molar-refractivity contribution in [2.75, 3.05) is 7.11 Å². The Morgan fingerprint density at radius 1 is 1.17 bits per heavy atom. The zero-order valence-electron chi connectivity index (χ0n) is 8.81. The maximum absolute atomic E-state index is 5.85. The standard InChI is InChI=1S/C9H21NO2/c1-6-8(3,10)12-9(4,7-2)11-5/h6-7,10H2,1-5H3/t8-,9+/m1/s1. The van der Waals surface area contributed by atoms with Gasteiger partial charge in [-0.15, -0.1) is 0 Å². The maximum Gasteiger partial charge on any atom is 0.167 e. The SMILES string of the molecule is CC[C@@](C)(OC)O[C@@](C)(N)CC. The van der Waals surface area contributed by atoms with Crippen molar-refractivity contribution in [3.05, 3.63) is 0 Å². The molecule has 0 aliphatic rings. The van der Waals surface area contributed by atoms with Crippen LogP contribution in [0.3, 0.4) is 0 Å². The van der Waals surface area contributed by atoms with E-state index in [2.05, 4.69) is 0 Å². The zero-order valence-corrected chi connectivity index (χ0v) is 8.81. The van der Waals surface area contributed by atoms with Crippen LogP contribution in [0.25, 0.3) is 0 Å². The Labute approximate surface area is 75.2 Å². The topological polar surface area (TPSA) is 44.5 Å². The lowest BCUT2D eigenvalue weighted by Crippen LogP contribution is -2.47. The Kier molecular flexibility index (Phi) is 4.17. The minimum Gasteiger partial charge on any atom is -0.353 e. The van der Waals surface area contributed by atoms with Gasteiger partial charge in [-0.2, -0.15) is 0 Å². The third-order valence-electron chi connectivity index (χ3n) is 2.23. The van der Waals surface area contributed by atoms with E-state index in [0.717, 1.165) is 12.8 Å². The van der Waals surface area contributed by atoms with E-state index >= 15 is 0 Å². The summed E-state index contributed by atoms with van der Waals surface area (Å²) in [5.74, 6) is -0.556. The highest BCUT2D eigenvalue weighted by Gasteiger charge is 2.30. The third-order valence-corrected chi connectivity index (χ3v) is 2.23. The number of ether oxygens (including phenoxy) is 2. The number of hydrogen-bond donors (Lipinski definition) is 1. The predicted molar refractivity (Wildman–Crippen MR) is 49.7 cm³/mol. The second-order valence-corrected chi connectivity index (χ2v) is 3.46. The van der Waals surface area contributed by atoms with Gasteiger partial charge < -0.3 is 15.2 Å². The van der Waals surface area contributed by atoms with Crippen LogP contribution in [0.4, 0.5) is 0 Å². The van der Waals surface area contributed by atoms with Crippen LogP contribution in [0.1, 0.15) is 40.5 Å². The largest absolute Gasteiger partial charge is 0.353 e. The average Bonchev–Trinajstić information content (AvgIpc) is 2.04. The molecule has 0 saturated carbocycles. The Morgan fingerprint density at radius 3 is 1.92 bits per heavy atom. The summed E-state index contributed by atoms with van der Waals surface area (Å²) in [7, 11) is 1.63. The van der Waals surface area contributed by atoms with Crippen LogP contribution in [0.2, 0.25) is 0 Å². The monoisotopic (exact) mass is 175 g/mol.